The van der Waals surface area contributed by atoms with Crippen LogP contribution < -0.4 is 10.5 Å². The first kappa shape index (κ1) is 13.2. The van der Waals surface area contributed by atoms with Gasteiger partial charge in [-0.3, -0.25) is 0 Å². The Balaban J connectivity index is 2.22. The van der Waals surface area contributed by atoms with Gasteiger partial charge in [0.2, 0.25) is 11.8 Å². The second-order valence-electron chi connectivity index (χ2n) is 4.56. The largest absolute Gasteiger partial charge is 0.476 e. The number of aryl methyl sites for hydroxylation is 1. The number of nitrogens with zero attached hydrogens (tertiary/aromatic N) is 4. The molecule has 0 bridgehead atoms. The van der Waals surface area contributed by atoms with Gasteiger partial charge in [-0.2, -0.15) is 9.97 Å². The molecule has 0 aliphatic heterocycles. The van der Waals surface area contributed by atoms with Crippen molar-refractivity contribution in [3.8, 4) is 17.1 Å². The number of nitrogens with two attached hydrogens (primary N) is 1. The molecule has 21 heavy (non-hydrogen) atoms. The second-order valence-corrected chi connectivity index (χ2v) is 4.56. The van der Waals surface area contributed by atoms with Crippen LogP contribution in [0, 0.1) is 6.92 Å². The predicted molar refractivity (Wildman–Crippen MR) is 80.9 cm³/mol. The molecule has 0 aliphatic carbocycles. The average molecular weight is 281 g/mol. The van der Waals surface area contributed by atoms with Crippen molar-refractivity contribution in [1.29, 1.82) is 0 Å². The topological polar surface area (TPSA) is 86.8 Å². The van der Waals surface area contributed by atoms with Gasteiger partial charge in [-0.05, 0) is 19.4 Å². The second kappa shape index (κ2) is 5.32. The summed E-state index contributed by atoms with van der Waals surface area (Å²) in [5.74, 6) is 0.492. The zero-order valence-electron chi connectivity index (χ0n) is 11.9. The van der Waals surface area contributed by atoms with Gasteiger partial charge < -0.3 is 10.5 Å². The number of rotatable bonds is 3. The smallest absolute Gasteiger partial charge is 0.247 e. The quantitative estimate of drug-likeness (QED) is 0.793. The van der Waals surface area contributed by atoms with Crippen LogP contribution in [-0.4, -0.2) is 26.5 Å². The molecular weight excluding hydrogens is 266 g/mol. The highest BCUT2D eigenvalue weighted by Gasteiger charge is 2.12. The monoisotopic (exact) mass is 281 g/mol. The molecule has 0 radical (unpaired) electrons. The minimum absolute atomic E-state index is 0.129. The summed E-state index contributed by atoms with van der Waals surface area (Å²) in [4.78, 5) is 17.1. The zero-order valence-corrected chi connectivity index (χ0v) is 11.9. The lowest BCUT2D eigenvalue weighted by Gasteiger charge is -2.08. The first-order chi connectivity index (χ1) is 10.2. The number of hydrogen-bond acceptors (Lipinski definition) is 6. The Labute approximate surface area is 122 Å². The van der Waals surface area contributed by atoms with Crippen LogP contribution in [0.25, 0.3) is 22.4 Å². The minimum atomic E-state index is 0.129. The van der Waals surface area contributed by atoms with E-state index in [1.807, 2.05) is 38.1 Å². The van der Waals surface area contributed by atoms with E-state index in [9.17, 15) is 0 Å². The SMILES string of the molecule is CCOc1nc(N)nc2ncc(-c3ccccc3C)nc12. The van der Waals surface area contributed by atoms with E-state index in [1.165, 1.54) is 0 Å². The zero-order chi connectivity index (χ0) is 14.8. The fourth-order valence-electron chi connectivity index (χ4n) is 2.13. The lowest BCUT2D eigenvalue weighted by molar-refractivity contribution is 0.330. The Morgan fingerprint density at radius 3 is 2.71 bits per heavy atom. The molecule has 0 spiro atoms. The third kappa shape index (κ3) is 2.47. The maximum atomic E-state index is 5.66. The highest BCUT2D eigenvalue weighted by Crippen LogP contribution is 2.25. The summed E-state index contributed by atoms with van der Waals surface area (Å²) in [5.41, 5.74) is 9.52. The number of nitrogen functional groups attached to an aromatic ring is 1. The lowest BCUT2D eigenvalue weighted by Crippen LogP contribution is -2.04. The molecule has 6 nitrogen and oxygen atoms in total. The molecule has 0 saturated heterocycles. The van der Waals surface area contributed by atoms with Crippen molar-refractivity contribution in [2.45, 2.75) is 13.8 Å². The van der Waals surface area contributed by atoms with Crippen LogP contribution in [-0.2, 0) is 0 Å². The van der Waals surface area contributed by atoms with Crippen LogP contribution in [0.4, 0.5) is 5.95 Å². The molecule has 2 heterocycles. The summed E-state index contributed by atoms with van der Waals surface area (Å²) in [6.07, 6.45) is 1.69. The van der Waals surface area contributed by atoms with E-state index in [2.05, 4.69) is 19.9 Å². The molecule has 106 valence electrons. The Hall–Kier alpha value is -2.76. The standard InChI is InChI=1S/C15H15N5O/c1-3-21-14-12-13(19-15(16)20-14)17-8-11(18-12)10-7-5-4-6-9(10)2/h4-8H,3H2,1-2H3,(H2,16,17,19,20). The molecule has 0 saturated carbocycles. The van der Waals surface area contributed by atoms with Crippen LogP contribution in [0.15, 0.2) is 30.5 Å². The third-order valence-electron chi connectivity index (χ3n) is 3.09. The molecule has 0 unspecified atom stereocenters. The van der Waals surface area contributed by atoms with Crippen LogP contribution in [0.5, 0.6) is 5.88 Å². The molecule has 2 N–H and O–H groups in total. The lowest BCUT2D eigenvalue weighted by atomic mass is 10.1. The average Bonchev–Trinajstić information content (AvgIpc) is 2.48. The van der Waals surface area contributed by atoms with Crippen LogP contribution in [0.1, 0.15) is 12.5 Å². The number of benzene rings is 1. The summed E-state index contributed by atoms with van der Waals surface area (Å²) in [6, 6.07) is 7.99. The highest BCUT2D eigenvalue weighted by molar-refractivity contribution is 5.79. The van der Waals surface area contributed by atoms with E-state index < -0.39 is 0 Å². The molecule has 0 fully saturated rings. The van der Waals surface area contributed by atoms with E-state index in [1.54, 1.807) is 6.20 Å². The van der Waals surface area contributed by atoms with Crippen molar-refractivity contribution in [2.75, 3.05) is 12.3 Å². The first-order valence-electron chi connectivity index (χ1n) is 6.68. The van der Waals surface area contributed by atoms with E-state index in [0.29, 0.717) is 23.7 Å². The van der Waals surface area contributed by atoms with E-state index in [-0.39, 0.29) is 5.95 Å². The minimum Gasteiger partial charge on any atom is -0.476 e. The van der Waals surface area contributed by atoms with E-state index in [0.717, 1.165) is 16.8 Å². The molecular formula is C15H15N5O. The number of hydrogen-bond donors (Lipinski definition) is 1. The summed E-state index contributed by atoms with van der Waals surface area (Å²) >= 11 is 0. The van der Waals surface area contributed by atoms with Crippen LogP contribution in [0.2, 0.25) is 0 Å². The fraction of sp³-hybridized carbons (Fsp3) is 0.200. The van der Waals surface area contributed by atoms with Crippen molar-refractivity contribution >= 4 is 17.1 Å². The van der Waals surface area contributed by atoms with Crippen molar-refractivity contribution < 1.29 is 4.74 Å². The molecule has 0 amide bonds. The van der Waals surface area contributed by atoms with Gasteiger partial charge in [0.1, 0.15) is 0 Å². The van der Waals surface area contributed by atoms with Gasteiger partial charge in [0, 0.05) is 5.56 Å². The van der Waals surface area contributed by atoms with Gasteiger partial charge in [-0.1, -0.05) is 24.3 Å². The van der Waals surface area contributed by atoms with E-state index >= 15 is 0 Å². The summed E-state index contributed by atoms with van der Waals surface area (Å²) in [7, 11) is 0. The molecule has 0 atom stereocenters. The Morgan fingerprint density at radius 2 is 1.95 bits per heavy atom. The first-order valence-corrected chi connectivity index (χ1v) is 6.68. The molecule has 1 aromatic carbocycles. The normalized spacial score (nSPS) is 10.8. The Morgan fingerprint density at radius 1 is 1.14 bits per heavy atom. The maximum absolute atomic E-state index is 5.66. The highest BCUT2D eigenvalue weighted by atomic mass is 16.5. The summed E-state index contributed by atoms with van der Waals surface area (Å²) in [5, 5.41) is 0. The number of ether oxygens (including phenoxy) is 1. The molecule has 3 rings (SSSR count). The third-order valence-corrected chi connectivity index (χ3v) is 3.09. The fourth-order valence-corrected chi connectivity index (χ4v) is 2.13. The van der Waals surface area contributed by atoms with Crippen LogP contribution >= 0.6 is 0 Å². The maximum Gasteiger partial charge on any atom is 0.247 e. The van der Waals surface area contributed by atoms with E-state index in [4.69, 9.17) is 10.5 Å². The molecule has 0 aliphatic rings. The van der Waals surface area contributed by atoms with Gasteiger partial charge in [-0.15, -0.1) is 0 Å². The number of anilines is 1. The van der Waals surface area contributed by atoms with Crippen molar-refractivity contribution in [3.63, 3.8) is 0 Å². The van der Waals surface area contributed by atoms with Gasteiger partial charge >= 0.3 is 0 Å². The Kier molecular flexibility index (Phi) is 3.35. The number of fused-ring (bicyclic) bond motifs is 1. The predicted octanol–water partition coefficient (Wildman–Crippen LogP) is 2.38. The Bertz CT molecular complexity index is 803. The van der Waals surface area contributed by atoms with Crippen LogP contribution in [0.3, 0.4) is 0 Å². The molecule has 2 aromatic heterocycles. The van der Waals surface area contributed by atoms with Gasteiger partial charge in [0.05, 0.1) is 18.5 Å². The van der Waals surface area contributed by atoms with Gasteiger partial charge in [-0.25, -0.2) is 9.97 Å². The summed E-state index contributed by atoms with van der Waals surface area (Å²) < 4.78 is 5.49. The van der Waals surface area contributed by atoms with Crippen molar-refractivity contribution in [2.24, 2.45) is 0 Å². The molecule has 6 heteroatoms. The summed E-state index contributed by atoms with van der Waals surface area (Å²) in [6.45, 7) is 4.38. The van der Waals surface area contributed by atoms with Crippen molar-refractivity contribution in [1.82, 2.24) is 19.9 Å². The van der Waals surface area contributed by atoms with Gasteiger partial charge in [0.25, 0.3) is 0 Å². The van der Waals surface area contributed by atoms with Crippen molar-refractivity contribution in [3.05, 3.63) is 36.0 Å². The van der Waals surface area contributed by atoms with Gasteiger partial charge in [0.15, 0.2) is 11.2 Å². The molecule has 3 aromatic rings. The number of aromatic nitrogens is 4.